The number of piperidine rings is 1. The molecular weight excluding hydrogens is 448 g/mol. The lowest BCUT2D eigenvalue weighted by atomic mass is 10.0. The summed E-state index contributed by atoms with van der Waals surface area (Å²) in [4.78, 5) is 6.97. The zero-order valence-corrected chi connectivity index (χ0v) is 21.5. The van der Waals surface area contributed by atoms with Crippen molar-refractivity contribution >= 4 is 28.0 Å². The Bertz CT molecular complexity index is 1350. The second kappa shape index (κ2) is 10.5. The van der Waals surface area contributed by atoms with Crippen molar-refractivity contribution in [3.63, 3.8) is 0 Å². The van der Waals surface area contributed by atoms with Crippen molar-refractivity contribution in [3.05, 3.63) is 78.0 Å². The molecule has 0 radical (unpaired) electrons. The van der Waals surface area contributed by atoms with E-state index in [0.717, 1.165) is 63.7 Å². The van der Waals surface area contributed by atoms with Crippen molar-refractivity contribution in [3.8, 4) is 17.2 Å². The number of fused-ring (bicyclic) bond motifs is 1. The van der Waals surface area contributed by atoms with Gasteiger partial charge in [-0.3, -0.25) is 4.98 Å². The molecule has 0 bridgehead atoms. The molecule has 0 unspecified atom stereocenters. The van der Waals surface area contributed by atoms with E-state index >= 15 is 0 Å². The third-order valence-corrected chi connectivity index (χ3v) is 7.05. The summed E-state index contributed by atoms with van der Waals surface area (Å²) < 4.78 is 11.9. The van der Waals surface area contributed by atoms with Gasteiger partial charge in [0.15, 0.2) is 0 Å². The molecule has 0 aliphatic carbocycles. The molecule has 2 N–H and O–H groups in total. The Morgan fingerprint density at radius 1 is 0.833 bits per heavy atom. The lowest BCUT2D eigenvalue weighted by molar-refractivity contribution is 0.412. The smallest absolute Gasteiger partial charge is 0.138 e. The second-order valence-corrected chi connectivity index (χ2v) is 9.45. The van der Waals surface area contributed by atoms with Gasteiger partial charge in [-0.25, -0.2) is 0 Å². The van der Waals surface area contributed by atoms with Gasteiger partial charge >= 0.3 is 0 Å². The van der Waals surface area contributed by atoms with E-state index in [9.17, 15) is 0 Å². The number of benzene rings is 3. The molecule has 1 aliphatic rings. The quantitative estimate of drug-likeness (QED) is 0.310. The zero-order valence-electron chi connectivity index (χ0n) is 21.5. The van der Waals surface area contributed by atoms with Gasteiger partial charge in [-0.15, -0.1) is 0 Å². The molecule has 4 aromatic rings. The highest BCUT2D eigenvalue weighted by atomic mass is 16.5. The van der Waals surface area contributed by atoms with Crippen LogP contribution >= 0.6 is 0 Å². The zero-order chi connectivity index (χ0) is 25.1. The Kier molecular flexibility index (Phi) is 6.96. The molecule has 0 spiro atoms. The summed E-state index contributed by atoms with van der Waals surface area (Å²) in [5.41, 5.74) is 6.29. The van der Waals surface area contributed by atoms with Crippen LogP contribution in [0.4, 0.5) is 17.1 Å². The third-order valence-electron chi connectivity index (χ3n) is 7.05. The number of nitrogens with one attached hydrogen (secondary N) is 2. The SMILES string of the molecule is CNC1CCN(c2ccc(Nc3ccc(C)c(Oc4ccnc5cc(C)c(OC)cc45)c3)cc2)CC1. The molecule has 6 nitrogen and oxygen atoms in total. The maximum atomic E-state index is 6.41. The first-order chi connectivity index (χ1) is 17.5. The highest BCUT2D eigenvalue weighted by Gasteiger charge is 2.18. The van der Waals surface area contributed by atoms with Crippen LogP contribution in [0.2, 0.25) is 0 Å². The van der Waals surface area contributed by atoms with Crippen molar-refractivity contribution in [1.82, 2.24) is 10.3 Å². The number of ether oxygens (including phenoxy) is 2. The van der Waals surface area contributed by atoms with Crippen molar-refractivity contribution in [2.45, 2.75) is 32.7 Å². The second-order valence-electron chi connectivity index (χ2n) is 9.45. The molecule has 2 heterocycles. The minimum absolute atomic E-state index is 0.636. The number of hydrogen-bond donors (Lipinski definition) is 2. The molecule has 36 heavy (non-hydrogen) atoms. The lowest BCUT2D eigenvalue weighted by Crippen LogP contribution is -2.41. The number of hydrogen-bond acceptors (Lipinski definition) is 6. The van der Waals surface area contributed by atoms with E-state index in [1.807, 2.05) is 31.2 Å². The average Bonchev–Trinajstić information content (AvgIpc) is 2.91. The number of anilines is 3. The van der Waals surface area contributed by atoms with Crippen LogP contribution < -0.4 is 25.0 Å². The van der Waals surface area contributed by atoms with Crippen molar-refractivity contribution in [2.75, 3.05) is 37.5 Å². The molecule has 186 valence electrons. The Labute approximate surface area is 213 Å². The Morgan fingerprint density at radius 3 is 2.31 bits per heavy atom. The number of aromatic nitrogens is 1. The molecule has 0 amide bonds. The molecule has 1 aromatic heterocycles. The average molecular weight is 483 g/mol. The fourth-order valence-electron chi connectivity index (χ4n) is 4.82. The largest absolute Gasteiger partial charge is 0.496 e. The normalized spacial score (nSPS) is 14.2. The maximum Gasteiger partial charge on any atom is 0.138 e. The molecule has 1 aliphatic heterocycles. The van der Waals surface area contributed by atoms with E-state index in [1.54, 1.807) is 13.3 Å². The summed E-state index contributed by atoms with van der Waals surface area (Å²) in [6.45, 7) is 6.25. The number of pyridine rings is 1. The van der Waals surface area contributed by atoms with Crippen LogP contribution in [0.15, 0.2) is 66.9 Å². The van der Waals surface area contributed by atoms with Gasteiger partial charge in [0, 0.05) is 53.8 Å². The number of nitrogens with zero attached hydrogens (tertiary/aromatic N) is 2. The minimum Gasteiger partial charge on any atom is -0.496 e. The molecule has 1 fully saturated rings. The summed E-state index contributed by atoms with van der Waals surface area (Å²) in [6, 6.07) is 21.4. The predicted octanol–water partition coefficient (Wildman–Crippen LogP) is 6.58. The fourth-order valence-corrected chi connectivity index (χ4v) is 4.82. The molecule has 3 aromatic carbocycles. The van der Waals surface area contributed by atoms with Crippen LogP contribution in [0.1, 0.15) is 24.0 Å². The third kappa shape index (κ3) is 5.09. The highest BCUT2D eigenvalue weighted by Crippen LogP contribution is 2.35. The van der Waals surface area contributed by atoms with Gasteiger partial charge in [0.25, 0.3) is 0 Å². The van der Waals surface area contributed by atoms with Crippen LogP contribution in [0.3, 0.4) is 0 Å². The van der Waals surface area contributed by atoms with Crippen LogP contribution in [-0.2, 0) is 0 Å². The predicted molar refractivity (Wildman–Crippen MR) is 148 cm³/mol. The van der Waals surface area contributed by atoms with Gasteiger partial charge in [0.1, 0.15) is 17.2 Å². The van der Waals surface area contributed by atoms with E-state index < -0.39 is 0 Å². The molecule has 6 heteroatoms. The standard InChI is InChI=1S/C30H34N4O2/c1-20-5-6-24(33-23-7-9-25(10-8-23)34-15-12-22(31-3)13-16-34)18-30(20)36-28-11-14-32-27-17-21(2)29(35-4)19-26(27)28/h5-11,14,17-19,22,31,33H,12-13,15-16H2,1-4H3. The Hall–Kier alpha value is -3.77. The lowest BCUT2D eigenvalue weighted by Gasteiger charge is -2.33. The maximum absolute atomic E-state index is 6.41. The Morgan fingerprint density at radius 2 is 1.58 bits per heavy atom. The van der Waals surface area contributed by atoms with Crippen LogP contribution in [0.25, 0.3) is 10.9 Å². The molecule has 0 saturated carbocycles. The molecular formula is C30H34N4O2. The number of rotatable bonds is 7. The van der Waals surface area contributed by atoms with Gasteiger partial charge in [0.2, 0.25) is 0 Å². The molecule has 0 atom stereocenters. The summed E-state index contributed by atoms with van der Waals surface area (Å²) in [5.74, 6) is 2.38. The first-order valence-electron chi connectivity index (χ1n) is 12.5. The summed E-state index contributed by atoms with van der Waals surface area (Å²) >= 11 is 0. The van der Waals surface area contributed by atoms with E-state index in [-0.39, 0.29) is 0 Å². The number of methoxy groups -OCH3 is 1. The van der Waals surface area contributed by atoms with Gasteiger partial charge in [-0.05, 0) is 93.4 Å². The molecule has 5 rings (SSSR count). The Balaban J connectivity index is 1.33. The fraction of sp³-hybridized carbons (Fsp3) is 0.300. The highest BCUT2D eigenvalue weighted by molar-refractivity contribution is 5.87. The van der Waals surface area contributed by atoms with E-state index in [4.69, 9.17) is 9.47 Å². The van der Waals surface area contributed by atoms with Crippen LogP contribution in [0, 0.1) is 13.8 Å². The van der Waals surface area contributed by atoms with E-state index in [1.165, 1.54) is 18.5 Å². The topological polar surface area (TPSA) is 58.7 Å². The first-order valence-corrected chi connectivity index (χ1v) is 12.5. The van der Waals surface area contributed by atoms with Crippen LogP contribution in [-0.4, -0.2) is 38.3 Å². The first kappa shape index (κ1) is 23.9. The van der Waals surface area contributed by atoms with Gasteiger partial charge < -0.3 is 25.0 Å². The van der Waals surface area contributed by atoms with E-state index in [0.29, 0.717) is 6.04 Å². The summed E-state index contributed by atoms with van der Waals surface area (Å²) in [5, 5.41) is 7.85. The molecule has 1 saturated heterocycles. The van der Waals surface area contributed by atoms with Gasteiger partial charge in [-0.1, -0.05) is 6.07 Å². The minimum atomic E-state index is 0.636. The number of aryl methyl sites for hydroxylation is 2. The van der Waals surface area contributed by atoms with E-state index in [2.05, 4.69) is 70.9 Å². The van der Waals surface area contributed by atoms with Crippen molar-refractivity contribution in [1.29, 1.82) is 0 Å². The van der Waals surface area contributed by atoms with Gasteiger partial charge in [0.05, 0.1) is 12.6 Å². The van der Waals surface area contributed by atoms with Crippen molar-refractivity contribution < 1.29 is 9.47 Å². The summed E-state index contributed by atoms with van der Waals surface area (Å²) in [7, 11) is 3.74. The summed E-state index contributed by atoms with van der Waals surface area (Å²) in [6.07, 6.45) is 4.15. The van der Waals surface area contributed by atoms with Crippen LogP contribution in [0.5, 0.6) is 17.2 Å². The van der Waals surface area contributed by atoms with Gasteiger partial charge in [-0.2, -0.15) is 0 Å². The monoisotopic (exact) mass is 482 g/mol. The van der Waals surface area contributed by atoms with Crippen molar-refractivity contribution in [2.24, 2.45) is 0 Å².